The van der Waals surface area contributed by atoms with Crippen LogP contribution in [-0.2, 0) is 16.6 Å². The van der Waals surface area contributed by atoms with E-state index in [1.54, 1.807) is 18.2 Å². The average molecular weight is 213 g/mol. The van der Waals surface area contributed by atoms with Crippen molar-refractivity contribution in [1.82, 2.24) is 0 Å². The molecular weight excluding hydrogens is 202 g/mol. The standard InChI is InChI=1S/C8H11N3O2S/c9-7-2-1-3-8-6(7)4-5-11(8)14(10,12)13/h1-3H,4-5,9H2,(H2,10,12,13). The Balaban J connectivity index is 2.56. The van der Waals surface area contributed by atoms with E-state index in [0.717, 1.165) is 5.56 Å². The molecule has 0 aliphatic carbocycles. The molecule has 0 aromatic heterocycles. The van der Waals surface area contributed by atoms with Crippen molar-refractivity contribution in [3.63, 3.8) is 0 Å². The van der Waals surface area contributed by atoms with Gasteiger partial charge < -0.3 is 5.73 Å². The van der Waals surface area contributed by atoms with Crippen molar-refractivity contribution in [2.75, 3.05) is 16.6 Å². The summed E-state index contributed by atoms with van der Waals surface area (Å²) in [5.74, 6) is 0. The molecule has 76 valence electrons. The topological polar surface area (TPSA) is 89.4 Å². The zero-order chi connectivity index (χ0) is 10.3. The van der Waals surface area contributed by atoms with Crippen LogP contribution in [0.2, 0.25) is 0 Å². The van der Waals surface area contributed by atoms with Gasteiger partial charge in [-0.05, 0) is 18.6 Å². The maximum Gasteiger partial charge on any atom is 0.299 e. The SMILES string of the molecule is Nc1cccc2c1CCN2S(N)(=O)=O. The number of fused-ring (bicyclic) bond motifs is 1. The van der Waals surface area contributed by atoms with Crippen LogP contribution >= 0.6 is 0 Å². The lowest BCUT2D eigenvalue weighted by Crippen LogP contribution is -2.35. The van der Waals surface area contributed by atoms with Gasteiger partial charge in [0.05, 0.1) is 5.69 Å². The van der Waals surface area contributed by atoms with Crippen molar-refractivity contribution in [1.29, 1.82) is 0 Å². The van der Waals surface area contributed by atoms with Crippen LogP contribution in [0, 0.1) is 0 Å². The smallest absolute Gasteiger partial charge is 0.299 e. The van der Waals surface area contributed by atoms with Gasteiger partial charge in [-0.2, -0.15) is 8.42 Å². The van der Waals surface area contributed by atoms with Crippen LogP contribution in [0.15, 0.2) is 18.2 Å². The van der Waals surface area contributed by atoms with Crippen LogP contribution < -0.4 is 15.2 Å². The van der Waals surface area contributed by atoms with E-state index in [1.807, 2.05) is 0 Å². The average Bonchev–Trinajstić information content (AvgIpc) is 2.47. The van der Waals surface area contributed by atoms with Gasteiger partial charge >= 0.3 is 0 Å². The third-order valence-electron chi connectivity index (χ3n) is 2.33. The highest BCUT2D eigenvalue weighted by molar-refractivity contribution is 7.90. The minimum Gasteiger partial charge on any atom is -0.398 e. The van der Waals surface area contributed by atoms with Crippen molar-refractivity contribution < 1.29 is 8.42 Å². The molecule has 0 amide bonds. The van der Waals surface area contributed by atoms with E-state index in [0.29, 0.717) is 24.3 Å². The lowest BCUT2D eigenvalue weighted by Gasteiger charge is -2.15. The molecule has 1 heterocycles. The largest absolute Gasteiger partial charge is 0.398 e. The van der Waals surface area contributed by atoms with E-state index >= 15 is 0 Å². The first-order valence-corrected chi connectivity index (χ1v) is 5.68. The molecule has 1 aromatic carbocycles. The second-order valence-corrected chi connectivity index (χ2v) is 4.68. The molecule has 0 bridgehead atoms. The summed E-state index contributed by atoms with van der Waals surface area (Å²) in [6.07, 6.45) is 0.623. The van der Waals surface area contributed by atoms with Gasteiger partial charge in [0.25, 0.3) is 10.2 Å². The fraction of sp³-hybridized carbons (Fsp3) is 0.250. The normalized spacial score (nSPS) is 15.6. The van der Waals surface area contributed by atoms with Gasteiger partial charge in [0, 0.05) is 17.8 Å². The Hall–Kier alpha value is -1.27. The molecule has 1 aliphatic rings. The van der Waals surface area contributed by atoms with Crippen molar-refractivity contribution in [2.24, 2.45) is 5.14 Å². The first-order valence-electron chi connectivity index (χ1n) is 4.18. The van der Waals surface area contributed by atoms with Crippen LogP contribution in [-0.4, -0.2) is 15.0 Å². The molecule has 0 saturated heterocycles. The molecule has 6 heteroatoms. The van der Waals surface area contributed by atoms with E-state index in [-0.39, 0.29) is 0 Å². The van der Waals surface area contributed by atoms with Gasteiger partial charge in [0.15, 0.2) is 0 Å². The van der Waals surface area contributed by atoms with Gasteiger partial charge in [0.1, 0.15) is 0 Å². The number of nitrogen functional groups attached to an aromatic ring is 1. The van der Waals surface area contributed by atoms with E-state index < -0.39 is 10.2 Å². The quantitative estimate of drug-likeness (QED) is 0.635. The Bertz CT molecular complexity index is 469. The molecule has 1 aliphatic heterocycles. The minimum absolute atomic E-state index is 0.377. The number of nitrogens with zero attached hydrogens (tertiary/aromatic N) is 1. The highest BCUT2D eigenvalue weighted by atomic mass is 32.2. The highest BCUT2D eigenvalue weighted by Gasteiger charge is 2.27. The molecule has 4 N–H and O–H groups in total. The second-order valence-electron chi connectivity index (χ2n) is 3.21. The van der Waals surface area contributed by atoms with Gasteiger partial charge in [-0.15, -0.1) is 0 Å². The van der Waals surface area contributed by atoms with Gasteiger partial charge in [-0.25, -0.2) is 5.14 Å². The van der Waals surface area contributed by atoms with Crippen LogP contribution in [0.1, 0.15) is 5.56 Å². The third kappa shape index (κ3) is 1.32. The maximum absolute atomic E-state index is 11.2. The number of hydrogen-bond acceptors (Lipinski definition) is 3. The predicted octanol–water partition coefficient (Wildman–Crippen LogP) is -0.165. The molecule has 1 aromatic rings. The summed E-state index contributed by atoms with van der Waals surface area (Å²) < 4.78 is 23.5. The van der Waals surface area contributed by atoms with Crippen molar-refractivity contribution in [3.05, 3.63) is 23.8 Å². The molecule has 0 fully saturated rings. The zero-order valence-corrected chi connectivity index (χ0v) is 8.29. The predicted molar refractivity (Wildman–Crippen MR) is 55.0 cm³/mol. The summed E-state index contributed by atoms with van der Waals surface area (Å²) in [6, 6.07) is 5.19. The Morgan fingerprint density at radius 2 is 2.07 bits per heavy atom. The molecule has 0 unspecified atom stereocenters. The molecule has 0 atom stereocenters. The fourth-order valence-electron chi connectivity index (χ4n) is 1.70. The van der Waals surface area contributed by atoms with Gasteiger partial charge in [-0.1, -0.05) is 6.07 Å². The Morgan fingerprint density at radius 3 is 2.71 bits per heavy atom. The molecule has 0 saturated carbocycles. The highest BCUT2D eigenvalue weighted by Crippen LogP contribution is 2.32. The van der Waals surface area contributed by atoms with E-state index in [4.69, 9.17) is 10.9 Å². The minimum atomic E-state index is -3.65. The number of hydrogen-bond donors (Lipinski definition) is 2. The first-order chi connectivity index (χ1) is 6.50. The van der Waals surface area contributed by atoms with E-state index in [1.165, 1.54) is 4.31 Å². The zero-order valence-electron chi connectivity index (χ0n) is 7.47. The van der Waals surface area contributed by atoms with Gasteiger partial charge in [0.2, 0.25) is 0 Å². The number of rotatable bonds is 1. The summed E-state index contributed by atoms with van der Waals surface area (Å²) in [7, 11) is -3.65. The lowest BCUT2D eigenvalue weighted by atomic mass is 10.1. The van der Waals surface area contributed by atoms with Crippen LogP contribution in [0.4, 0.5) is 11.4 Å². The maximum atomic E-state index is 11.2. The Labute approximate surface area is 82.5 Å². The van der Waals surface area contributed by atoms with Crippen LogP contribution in [0.25, 0.3) is 0 Å². The Morgan fingerprint density at radius 1 is 1.36 bits per heavy atom. The number of nitrogens with two attached hydrogens (primary N) is 2. The first kappa shape index (κ1) is 9.29. The summed E-state index contributed by atoms with van der Waals surface area (Å²) in [6.45, 7) is 0.377. The summed E-state index contributed by atoms with van der Waals surface area (Å²) in [5, 5.41) is 5.06. The molecular formula is C8H11N3O2S. The van der Waals surface area contributed by atoms with Crippen LogP contribution in [0.5, 0.6) is 0 Å². The van der Waals surface area contributed by atoms with E-state index in [9.17, 15) is 8.42 Å². The third-order valence-corrected chi connectivity index (χ3v) is 3.32. The van der Waals surface area contributed by atoms with Crippen molar-refractivity contribution in [3.8, 4) is 0 Å². The van der Waals surface area contributed by atoms with Crippen molar-refractivity contribution >= 4 is 21.6 Å². The van der Waals surface area contributed by atoms with Gasteiger partial charge in [-0.3, -0.25) is 4.31 Å². The molecule has 0 radical (unpaired) electrons. The summed E-state index contributed by atoms with van der Waals surface area (Å²) in [5.41, 5.74) is 7.80. The van der Waals surface area contributed by atoms with Crippen molar-refractivity contribution in [2.45, 2.75) is 6.42 Å². The summed E-state index contributed by atoms with van der Waals surface area (Å²) in [4.78, 5) is 0. The monoisotopic (exact) mass is 213 g/mol. The summed E-state index contributed by atoms with van der Waals surface area (Å²) >= 11 is 0. The number of anilines is 2. The lowest BCUT2D eigenvalue weighted by molar-refractivity contribution is 0.594. The second kappa shape index (κ2) is 2.86. The van der Waals surface area contributed by atoms with Crippen LogP contribution in [0.3, 0.4) is 0 Å². The molecule has 5 nitrogen and oxygen atoms in total. The van der Waals surface area contributed by atoms with E-state index in [2.05, 4.69) is 0 Å². The fourth-order valence-corrected chi connectivity index (χ4v) is 2.49. The Kier molecular flexibility index (Phi) is 1.90. The molecule has 0 spiro atoms. The molecule has 2 rings (SSSR count). The molecule has 14 heavy (non-hydrogen) atoms. The number of benzene rings is 1.